The molecule has 27 heavy (non-hydrogen) atoms. The van der Waals surface area contributed by atoms with Gasteiger partial charge >= 0.3 is 6.03 Å². The van der Waals surface area contributed by atoms with Crippen LogP contribution in [0, 0.1) is 6.92 Å². The standard InChI is InChI=1S/C19H15ClN2O5/c1-10-4-3-5-12(6-10)22-18(25)13(17(24)21-19(22)26)7-11-8-14(20)16(23)15(9-11)27-2/h3-9,23H,1-2H3,(H,21,24,26). The highest BCUT2D eigenvalue weighted by molar-refractivity contribution is 6.39. The number of hydrogen-bond donors (Lipinski definition) is 2. The number of benzene rings is 2. The van der Waals surface area contributed by atoms with Gasteiger partial charge in [0.05, 0.1) is 17.8 Å². The van der Waals surface area contributed by atoms with Gasteiger partial charge in [-0.3, -0.25) is 14.9 Å². The van der Waals surface area contributed by atoms with Gasteiger partial charge in [-0.25, -0.2) is 9.69 Å². The normalized spacial score (nSPS) is 15.9. The van der Waals surface area contributed by atoms with Crippen LogP contribution >= 0.6 is 11.6 Å². The zero-order valence-corrected chi connectivity index (χ0v) is 15.2. The molecule has 2 aromatic carbocycles. The second kappa shape index (κ2) is 7.13. The molecule has 2 aromatic rings. The highest BCUT2D eigenvalue weighted by Gasteiger charge is 2.36. The molecule has 2 N–H and O–H groups in total. The minimum atomic E-state index is -0.825. The monoisotopic (exact) mass is 386 g/mol. The molecule has 0 bridgehead atoms. The predicted octanol–water partition coefficient (Wildman–Crippen LogP) is 3.03. The van der Waals surface area contributed by atoms with Gasteiger partial charge in [0.1, 0.15) is 5.57 Å². The molecule has 3 rings (SSSR count). The fourth-order valence-electron chi connectivity index (χ4n) is 2.66. The van der Waals surface area contributed by atoms with Crippen molar-refractivity contribution in [2.75, 3.05) is 12.0 Å². The van der Waals surface area contributed by atoms with Gasteiger partial charge in [-0.05, 0) is 48.4 Å². The number of ether oxygens (including phenoxy) is 1. The highest BCUT2D eigenvalue weighted by atomic mass is 35.5. The molecule has 1 aliphatic rings. The number of barbiturate groups is 1. The Kier molecular flexibility index (Phi) is 4.87. The summed E-state index contributed by atoms with van der Waals surface area (Å²) < 4.78 is 5.02. The van der Waals surface area contributed by atoms with E-state index in [0.717, 1.165) is 10.5 Å². The number of phenols is 1. The lowest BCUT2D eigenvalue weighted by atomic mass is 10.1. The Hall–Kier alpha value is -3.32. The third-order valence-corrected chi connectivity index (χ3v) is 4.23. The SMILES string of the molecule is COc1cc(C=C2C(=O)NC(=O)N(c3cccc(C)c3)C2=O)cc(Cl)c1O. The van der Waals surface area contributed by atoms with Gasteiger partial charge < -0.3 is 9.84 Å². The van der Waals surface area contributed by atoms with Crippen LogP contribution in [-0.4, -0.2) is 30.1 Å². The number of aromatic hydroxyl groups is 1. The summed E-state index contributed by atoms with van der Waals surface area (Å²) in [5.41, 5.74) is 1.30. The third-order valence-electron chi connectivity index (χ3n) is 3.94. The van der Waals surface area contributed by atoms with Crippen LogP contribution in [0.5, 0.6) is 11.5 Å². The van der Waals surface area contributed by atoms with E-state index in [1.807, 2.05) is 13.0 Å². The topological polar surface area (TPSA) is 95.9 Å². The number of urea groups is 1. The summed E-state index contributed by atoms with van der Waals surface area (Å²) in [5, 5.41) is 12.0. The molecule has 0 unspecified atom stereocenters. The lowest BCUT2D eigenvalue weighted by Crippen LogP contribution is -2.54. The van der Waals surface area contributed by atoms with Gasteiger partial charge in [0.15, 0.2) is 11.5 Å². The number of anilines is 1. The molecule has 1 heterocycles. The second-order valence-electron chi connectivity index (χ2n) is 5.85. The summed E-state index contributed by atoms with van der Waals surface area (Å²) in [6, 6.07) is 8.75. The Labute approximate surface area is 159 Å². The summed E-state index contributed by atoms with van der Waals surface area (Å²) in [7, 11) is 1.35. The van der Waals surface area contributed by atoms with E-state index < -0.39 is 17.8 Å². The van der Waals surface area contributed by atoms with Crippen LogP contribution in [0.4, 0.5) is 10.5 Å². The largest absolute Gasteiger partial charge is 0.503 e. The first-order valence-corrected chi connectivity index (χ1v) is 8.24. The molecule has 0 atom stereocenters. The zero-order chi connectivity index (χ0) is 19.7. The van der Waals surface area contributed by atoms with Gasteiger partial charge in [-0.1, -0.05) is 23.7 Å². The number of aryl methyl sites for hydroxylation is 1. The van der Waals surface area contributed by atoms with Crippen molar-refractivity contribution in [1.29, 1.82) is 0 Å². The van der Waals surface area contributed by atoms with Crippen LogP contribution < -0.4 is 15.0 Å². The highest BCUT2D eigenvalue weighted by Crippen LogP contribution is 2.35. The zero-order valence-electron chi connectivity index (χ0n) is 14.4. The van der Waals surface area contributed by atoms with Gasteiger partial charge in [0.25, 0.3) is 11.8 Å². The molecule has 7 nitrogen and oxygen atoms in total. The lowest BCUT2D eigenvalue weighted by molar-refractivity contribution is -0.122. The maximum absolute atomic E-state index is 12.8. The first-order valence-electron chi connectivity index (χ1n) is 7.86. The van der Waals surface area contributed by atoms with Gasteiger partial charge in [-0.15, -0.1) is 0 Å². The quantitative estimate of drug-likeness (QED) is 0.624. The molecule has 138 valence electrons. The van der Waals surface area contributed by atoms with Crippen molar-refractivity contribution in [3.05, 3.63) is 58.1 Å². The van der Waals surface area contributed by atoms with Crippen LogP contribution in [0.2, 0.25) is 5.02 Å². The summed E-state index contributed by atoms with van der Waals surface area (Å²) in [4.78, 5) is 38.1. The molecule has 0 saturated carbocycles. The maximum atomic E-state index is 12.8. The number of halogens is 1. The molecule has 1 saturated heterocycles. The van der Waals surface area contributed by atoms with E-state index in [1.54, 1.807) is 18.2 Å². The van der Waals surface area contributed by atoms with Crippen LogP contribution in [0.25, 0.3) is 6.08 Å². The number of carbonyl (C=O) groups excluding carboxylic acids is 3. The summed E-state index contributed by atoms with van der Waals surface area (Å²) >= 11 is 5.94. The fourth-order valence-corrected chi connectivity index (χ4v) is 2.88. The van der Waals surface area contributed by atoms with E-state index in [4.69, 9.17) is 16.3 Å². The van der Waals surface area contributed by atoms with E-state index in [2.05, 4.69) is 5.32 Å². The Bertz CT molecular complexity index is 1000. The Morgan fingerprint density at radius 1 is 1.19 bits per heavy atom. The number of amides is 4. The number of hydrogen-bond acceptors (Lipinski definition) is 5. The first-order chi connectivity index (χ1) is 12.8. The average Bonchev–Trinajstić information content (AvgIpc) is 2.61. The van der Waals surface area contributed by atoms with Crippen molar-refractivity contribution >= 4 is 41.2 Å². The van der Waals surface area contributed by atoms with E-state index in [0.29, 0.717) is 11.3 Å². The van der Waals surface area contributed by atoms with Crippen molar-refractivity contribution in [2.24, 2.45) is 0 Å². The van der Waals surface area contributed by atoms with Crippen LogP contribution in [0.3, 0.4) is 0 Å². The number of methoxy groups -OCH3 is 1. The van der Waals surface area contributed by atoms with Crippen molar-refractivity contribution in [2.45, 2.75) is 6.92 Å². The maximum Gasteiger partial charge on any atom is 0.335 e. The second-order valence-corrected chi connectivity index (χ2v) is 6.26. The average molecular weight is 387 g/mol. The van der Waals surface area contributed by atoms with E-state index >= 15 is 0 Å². The molecular formula is C19H15ClN2O5. The molecule has 1 fully saturated rings. The fraction of sp³-hybridized carbons (Fsp3) is 0.105. The Morgan fingerprint density at radius 3 is 2.59 bits per heavy atom. The van der Waals surface area contributed by atoms with Crippen molar-refractivity contribution in [1.82, 2.24) is 5.32 Å². The van der Waals surface area contributed by atoms with E-state index in [1.165, 1.54) is 25.3 Å². The van der Waals surface area contributed by atoms with Crippen LogP contribution in [0.1, 0.15) is 11.1 Å². The molecule has 0 radical (unpaired) electrons. The molecule has 4 amide bonds. The number of nitrogens with one attached hydrogen (secondary N) is 1. The van der Waals surface area contributed by atoms with Crippen LogP contribution in [-0.2, 0) is 9.59 Å². The van der Waals surface area contributed by atoms with Gasteiger partial charge in [0.2, 0.25) is 0 Å². The summed E-state index contributed by atoms with van der Waals surface area (Å²) in [5.74, 6) is -1.75. The number of imide groups is 2. The van der Waals surface area contributed by atoms with Crippen LogP contribution in [0.15, 0.2) is 42.0 Å². The summed E-state index contributed by atoms with van der Waals surface area (Å²) in [6.07, 6.45) is 1.28. The van der Waals surface area contributed by atoms with Gasteiger partial charge in [-0.2, -0.15) is 0 Å². The molecule has 1 aliphatic heterocycles. The van der Waals surface area contributed by atoms with Gasteiger partial charge in [0, 0.05) is 0 Å². The molecule has 8 heteroatoms. The minimum Gasteiger partial charge on any atom is -0.503 e. The first kappa shape index (κ1) is 18.5. The molecule has 0 aliphatic carbocycles. The summed E-state index contributed by atoms with van der Waals surface area (Å²) in [6.45, 7) is 1.82. The van der Waals surface area contributed by atoms with Crippen molar-refractivity contribution in [3.63, 3.8) is 0 Å². The Balaban J connectivity index is 2.06. The smallest absolute Gasteiger partial charge is 0.335 e. The van der Waals surface area contributed by atoms with Crippen molar-refractivity contribution < 1.29 is 24.2 Å². The van der Waals surface area contributed by atoms with Crippen molar-refractivity contribution in [3.8, 4) is 11.5 Å². The Morgan fingerprint density at radius 2 is 1.93 bits per heavy atom. The predicted molar refractivity (Wildman–Crippen MR) is 99.8 cm³/mol. The number of phenolic OH excluding ortho intramolecular Hbond substituents is 1. The number of nitrogens with zero attached hydrogens (tertiary/aromatic N) is 1. The molecule has 0 aromatic heterocycles. The number of carbonyl (C=O) groups is 3. The minimum absolute atomic E-state index is 0.00326. The molecular weight excluding hydrogens is 372 g/mol. The molecule has 0 spiro atoms. The lowest BCUT2D eigenvalue weighted by Gasteiger charge is -2.26. The number of rotatable bonds is 3. The van der Waals surface area contributed by atoms with E-state index in [-0.39, 0.29) is 22.1 Å². The van der Waals surface area contributed by atoms with E-state index in [9.17, 15) is 19.5 Å². The third kappa shape index (κ3) is 3.50.